The predicted molar refractivity (Wildman–Crippen MR) is 116 cm³/mol. The molecule has 2 N–H and O–H groups in total. The van der Waals surface area contributed by atoms with Gasteiger partial charge in [0.05, 0.1) is 0 Å². The van der Waals surface area contributed by atoms with Crippen LogP contribution in [0, 0.1) is 11.8 Å². The number of carbonyl (C=O) groups excluding carboxylic acids is 1. The fraction of sp³-hybridized carbons (Fsp3) is 0.720. The van der Waals surface area contributed by atoms with E-state index in [0.717, 1.165) is 31.2 Å². The first-order chi connectivity index (χ1) is 14.1. The largest absolute Gasteiger partial charge is 0.384 e. The molecule has 1 aromatic carbocycles. The molecule has 3 heterocycles. The summed E-state index contributed by atoms with van der Waals surface area (Å²) in [4.78, 5) is 15.9. The first-order valence-corrected chi connectivity index (χ1v) is 11.9. The van der Waals surface area contributed by atoms with Gasteiger partial charge in [-0.1, -0.05) is 19.1 Å². The van der Waals surface area contributed by atoms with Gasteiger partial charge in [-0.25, -0.2) is 0 Å². The van der Waals surface area contributed by atoms with Crippen molar-refractivity contribution in [1.29, 1.82) is 0 Å². The standard InChI is InChI=1S/C25H35N3O/c1-15(21-14-27-22-5-3-4-20(24(21)22)17-6-7-17)8-23(29)28-18-9-16-10-19(28)13-25(11-16,12-18)26-2/h3-5,15-19,21,26-27H,6-14H2,1-2H3. The van der Waals surface area contributed by atoms with E-state index in [2.05, 4.69) is 47.7 Å². The summed E-state index contributed by atoms with van der Waals surface area (Å²) in [6, 6.07) is 7.72. The fourth-order valence-corrected chi connectivity index (χ4v) is 7.57. The number of hydrogen-bond acceptors (Lipinski definition) is 3. The number of nitrogens with zero attached hydrogens (tertiary/aromatic N) is 1. The Kier molecular flexibility index (Phi) is 4.07. The van der Waals surface area contributed by atoms with Gasteiger partial charge in [0.25, 0.3) is 0 Å². The normalized spacial score (nSPS) is 38.1. The molecule has 4 nitrogen and oxygen atoms in total. The second kappa shape index (κ2) is 6.47. The summed E-state index contributed by atoms with van der Waals surface area (Å²) in [6.45, 7) is 3.31. The molecule has 0 radical (unpaired) electrons. The van der Waals surface area contributed by atoms with Crippen molar-refractivity contribution in [2.45, 2.75) is 87.7 Å². The third-order valence-corrected chi connectivity index (χ3v) is 8.97. The predicted octanol–water partition coefficient (Wildman–Crippen LogP) is 4.23. The van der Waals surface area contributed by atoms with E-state index in [1.54, 1.807) is 5.56 Å². The van der Waals surface area contributed by atoms with E-state index in [4.69, 9.17) is 0 Å². The summed E-state index contributed by atoms with van der Waals surface area (Å²) in [5.41, 5.74) is 4.73. The van der Waals surface area contributed by atoms with Crippen LogP contribution in [0.5, 0.6) is 0 Å². The third kappa shape index (κ3) is 2.85. The molecule has 5 fully saturated rings. The molecule has 3 saturated carbocycles. The molecule has 1 aromatic rings. The average Bonchev–Trinajstić information content (AvgIpc) is 3.45. The zero-order valence-electron chi connectivity index (χ0n) is 17.9. The zero-order valence-corrected chi connectivity index (χ0v) is 17.9. The topological polar surface area (TPSA) is 44.4 Å². The lowest BCUT2D eigenvalue weighted by atomic mass is 9.59. The smallest absolute Gasteiger partial charge is 0.223 e. The minimum Gasteiger partial charge on any atom is -0.384 e. The number of hydrogen-bond donors (Lipinski definition) is 2. The van der Waals surface area contributed by atoms with Gasteiger partial charge in [0.2, 0.25) is 5.91 Å². The summed E-state index contributed by atoms with van der Waals surface area (Å²) in [5.74, 6) is 2.89. The second-order valence-corrected chi connectivity index (χ2v) is 10.8. The monoisotopic (exact) mass is 393 g/mol. The van der Waals surface area contributed by atoms with Crippen molar-refractivity contribution in [3.8, 4) is 0 Å². The number of carbonyl (C=O) groups is 1. The first-order valence-electron chi connectivity index (χ1n) is 11.9. The van der Waals surface area contributed by atoms with Gasteiger partial charge in [0.15, 0.2) is 0 Å². The number of piperidine rings is 2. The van der Waals surface area contributed by atoms with Crippen molar-refractivity contribution in [3.05, 3.63) is 29.3 Å². The Labute approximate surface area is 174 Å². The first kappa shape index (κ1) is 18.2. The molecule has 3 aliphatic carbocycles. The highest BCUT2D eigenvalue weighted by atomic mass is 16.2. The molecule has 6 aliphatic rings. The van der Waals surface area contributed by atoms with Gasteiger partial charge >= 0.3 is 0 Å². The number of fused-ring (bicyclic) bond motifs is 1. The molecule has 4 heteroatoms. The number of anilines is 1. The lowest BCUT2D eigenvalue weighted by molar-refractivity contribution is -0.153. The molecule has 156 valence electrons. The van der Waals surface area contributed by atoms with E-state index >= 15 is 0 Å². The summed E-state index contributed by atoms with van der Waals surface area (Å²) in [7, 11) is 2.13. The fourth-order valence-electron chi connectivity index (χ4n) is 7.57. The molecule has 4 atom stereocenters. The van der Waals surface area contributed by atoms with E-state index in [9.17, 15) is 4.79 Å². The quantitative estimate of drug-likeness (QED) is 0.787. The maximum absolute atomic E-state index is 13.5. The van der Waals surface area contributed by atoms with Gasteiger partial charge in [-0.15, -0.1) is 0 Å². The van der Waals surface area contributed by atoms with Crippen LogP contribution in [-0.2, 0) is 4.79 Å². The molecule has 3 aliphatic heterocycles. The van der Waals surface area contributed by atoms with Crippen molar-refractivity contribution >= 4 is 11.6 Å². The Hall–Kier alpha value is -1.55. The van der Waals surface area contributed by atoms with Gasteiger partial charge in [-0.2, -0.15) is 0 Å². The number of rotatable bonds is 5. The maximum atomic E-state index is 13.5. The molecule has 2 saturated heterocycles. The van der Waals surface area contributed by atoms with Gasteiger partial charge in [0.1, 0.15) is 0 Å². The van der Waals surface area contributed by atoms with Crippen molar-refractivity contribution in [1.82, 2.24) is 10.2 Å². The highest BCUT2D eigenvalue weighted by molar-refractivity contribution is 5.78. The Balaban J connectivity index is 1.19. The van der Waals surface area contributed by atoms with Crippen LogP contribution in [0.1, 0.15) is 81.3 Å². The van der Waals surface area contributed by atoms with Crippen LogP contribution >= 0.6 is 0 Å². The third-order valence-electron chi connectivity index (χ3n) is 8.97. The zero-order chi connectivity index (χ0) is 19.8. The van der Waals surface area contributed by atoms with Gasteiger partial charge in [0, 0.05) is 42.2 Å². The highest BCUT2D eigenvalue weighted by Gasteiger charge is 2.55. The lowest BCUT2D eigenvalue weighted by Crippen LogP contribution is -2.69. The van der Waals surface area contributed by atoms with Gasteiger partial charge < -0.3 is 15.5 Å². The Bertz CT molecular complexity index is 815. The number of benzene rings is 1. The number of nitrogens with one attached hydrogen (secondary N) is 2. The SMILES string of the molecule is CNC12CC3CC(C1)N(C(=O)CC(C)C1CNc4cccc(C5CC5)c41)C(C3)C2. The molecule has 29 heavy (non-hydrogen) atoms. The van der Waals surface area contributed by atoms with Crippen LogP contribution in [0.3, 0.4) is 0 Å². The summed E-state index contributed by atoms with van der Waals surface area (Å²) >= 11 is 0. The van der Waals surface area contributed by atoms with E-state index in [1.807, 2.05) is 0 Å². The summed E-state index contributed by atoms with van der Waals surface area (Å²) < 4.78 is 0. The Morgan fingerprint density at radius 2 is 2.00 bits per heavy atom. The van der Waals surface area contributed by atoms with E-state index in [0.29, 0.717) is 41.8 Å². The Morgan fingerprint density at radius 1 is 1.24 bits per heavy atom. The van der Waals surface area contributed by atoms with Crippen molar-refractivity contribution in [3.63, 3.8) is 0 Å². The molecular formula is C25H35N3O. The maximum Gasteiger partial charge on any atom is 0.223 e. The van der Waals surface area contributed by atoms with Crippen molar-refractivity contribution < 1.29 is 4.79 Å². The summed E-state index contributed by atoms with van der Waals surface area (Å²) in [5, 5.41) is 7.28. The van der Waals surface area contributed by atoms with Crippen molar-refractivity contribution in [2.75, 3.05) is 18.9 Å². The minimum absolute atomic E-state index is 0.312. The van der Waals surface area contributed by atoms with E-state index in [1.165, 1.54) is 43.4 Å². The van der Waals surface area contributed by atoms with E-state index in [-0.39, 0.29) is 0 Å². The van der Waals surface area contributed by atoms with Gasteiger partial charge in [-0.3, -0.25) is 4.79 Å². The van der Waals surface area contributed by atoms with Crippen LogP contribution < -0.4 is 10.6 Å². The molecule has 4 bridgehead atoms. The molecule has 0 aromatic heterocycles. The van der Waals surface area contributed by atoms with Crippen LogP contribution in [0.4, 0.5) is 5.69 Å². The molecule has 1 amide bonds. The Morgan fingerprint density at radius 3 is 2.69 bits per heavy atom. The number of amides is 1. The molecule has 0 spiro atoms. The minimum atomic E-state index is 0.312. The van der Waals surface area contributed by atoms with Crippen LogP contribution in [0.2, 0.25) is 0 Å². The van der Waals surface area contributed by atoms with Crippen LogP contribution in [0.15, 0.2) is 18.2 Å². The van der Waals surface area contributed by atoms with Crippen LogP contribution in [0.25, 0.3) is 0 Å². The van der Waals surface area contributed by atoms with Crippen LogP contribution in [-0.4, -0.2) is 42.0 Å². The summed E-state index contributed by atoms with van der Waals surface area (Å²) in [6.07, 6.45) is 9.49. The molecule has 4 unspecified atom stereocenters. The molecule has 7 rings (SSSR count). The van der Waals surface area contributed by atoms with Gasteiger partial charge in [-0.05, 0) is 86.9 Å². The lowest BCUT2D eigenvalue weighted by Gasteiger charge is -2.61. The average molecular weight is 394 g/mol. The molecular weight excluding hydrogens is 358 g/mol. The highest BCUT2D eigenvalue weighted by Crippen LogP contribution is 2.52. The van der Waals surface area contributed by atoms with E-state index < -0.39 is 0 Å². The van der Waals surface area contributed by atoms with Crippen molar-refractivity contribution in [2.24, 2.45) is 11.8 Å². The second-order valence-electron chi connectivity index (χ2n) is 10.8.